The summed E-state index contributed by atoms with van der Waals surface area (Å²) in [6.45, 7) is 5.86. The normalized spacial score (nSPS) is 16.5. The van der Waals surface area contributed by atoms with Crippen LogP contribution >= 0.6 is 23.2 Å². The number of anilines is 2. The van der Waals surface area contributed by atoms with Crippen LogP contribution in [-0.4, -0.2) is 121 Å². The van der Waals surface area contributed by atoms with Crippen molar-refractivity contribution in [3.05, 3.63) is 94.1 Å². The molecule has 3 heterocycles. The maximum absolute atomic E-state index is 14.8. The highest BCUT2D eigenvalue weighted by molar-refractivity contribution is 6.31. The number of fused-ring (bicyclic) bond motifs is 2. The van der Waals surface area contributed by atoms with E-state index in [0.29, 0.717) is 42.8 Å². The first-order valence-electron chi connectivity index (χ1n) is 18.0. The second kappa shape index (κ2) is 19.7. The number of aliphatic carboxylic acids is 2. The molecule has 3 atom stereocenters. The molecule has 3 aromatic carbocycles. The standard InChI is InChI=1S/C35H40Cl2N6O2.2C2HF3O2/c1-23(30-20-38-31-10-5-4-9-29(30)31)33(39-35(45)42-15-13-41(14-16-42)28-8-6-7-26(36)19-28)34(44)43-22-24(21-40(2)3)17-25-18-27(37)11-12-32(25)43;2*3-2(4,5)1(6)7/h4-12,18-20,23-24,33,38H,13-17,21-22H2,1-3H3,(H,39,45);2*(H,6,7)/t23?,24-,33?;;/m1../s1. The third kappa shape index (κ3) is 12.6. The van der Waals surface area contributed by atoms with Gasteiger partial charge in [-0.25, -0.2) is 14.4 Å². The molecule has 2 aliphatic heterocycles. The minimum Gasteiger partial charge on any atom is -0.475 e. The molecule has 2 unspecified atom stereocenters. The summed E-state index contributed by atoms with van der Waals surface area (Å²) in [5.74, 6) is -5.70. The van der Waals surface area contributed by atoms with E-state index in [1.54, 1.807) is 0 Å². The largest absolute Gasteiger partial charge is 0.490 e. The predicted molar refractivity (Wildman–Crippen MR) is 211 cm³/mol. The van der Waals surface area contributed by atoms with Crippen molar-refractivity contribution in [1.82, 2.24) is 20.1 Å². The number of carboxylic acids is 2. The third-order valence-corrected chi connectivity index (χ3v) is 10.0. The number of rotatable bonds is 7. The zero-order valence-electron chi connectivity index (χ0n) is 31.9. The predicted octanol–water partition coefficient (Wildman–Crippen LogP) is 7.51. The Morgan fingerprint density at radius 2 is 1.46 bits per heavy atom. The van der Waals surface area contributed by atoms with Crippen LogP contribution in [0.25, 0.3) is 10.9 Å². The van der Waals surface area contributed by atoms with Crippen molar-refractivity contribution < 1.29 is 55.7 Å². The summed E-state index contributed by atoms with van der Waals surface area (Å²) >= 11 is 12.6. The Bertz CT molecular complexity index is 2080. The monoisotopic (exact) mass is 874 g/mol. The first kappa shape index (κ1) is 46.5. The average molecular weight is 876 g/mol. The Hall–Kier alpha value is -5.20. The summed E-state index contributed by atoms with van der Waals surface area (Å²) in [5, 5.41) is 19.8. The number of carboxylic acid groups (broad SMARTS) is 2. The summed E-state index contributed by atoms with van der Waals surface area (Å²) in [6, 6.07) is 20.6. The lowest BCUT2D eigenvalue weighted by Crippen LogP contribution is -2.58. The van der Waals surface area contributed by atoms with Crippen LogP contribution in [0.3, 0.4) is 0 Å². The number of H-pyrrole nitrogens is 1. The van der Waals surface area contributed by atoms with E-state index >= 15 is 0 Å². The second-order valence-corrected chi connectivity index (χ2v) is 15.0. The molecular formula is C39H42Cl2F6N6O6. The quantitative estimate of drug-likeness (QED) is 0.140. The van der Waals surface area contributed by atoms with Gasteiger partial charge in [0.05, 0.1) is 0 Å². The summed E-state index contributed by atoms with van der Waals surface area (Å²) in [7, 11) is 4.10. The van der Waals surface area contributed by atoms with Crippen LogP contribution in [0.1, 0.15) is 24.0 Å². The van der Waals surface area contributed by atoms with E-state index < -0.39 is 30.3 Å². The lowest BCUT2D eigenvalue weighted by Gasteiger charge is -2.40. The molecule has 0 saturated carbocycles. The zero-order valence-corrected chi connectivity index (χ0v) is 33.5. The maximum atomic E-state index is 14.8. The average Bonchev–Trinajstić information content (AvgIpc) is 3.60. The van der Waals surface area contributed by atoms with Crippen LogP contribution in [-0.2, 0) is 20.8 Å². The SMILES string of the molecule is CC(c1c[nH]c2ccccc12)C(NC(=O)N1CCN(c2cccc(Cl)c2)CC1)C(=O)N1C[C@@H](CN(C)C)Cc2cc(Cl)ccc21.O=C(O)C(F)(F)F.O=C(O)C(F)(F)F. The number of amides is 3. The molecule has 4 N–H and O–H groups in total. The van der Waals surface area contributed by atoms with Gasteiger partial charge in [0.2, 0.25) is 5.91 Å². The molecule has 1 saturated heterocycles. The van der Waals surface area contributed by atoms with Crippen LogP contribution in [0.15, 0.2) is 72.9 Å². The maximum Gasteiger partial charge on any atom is 0.490 e. The molecule has 1 fully saturated rings. The van der Waals surface area contributed by atoms with Gasteiger partial charge >= 0.3 is 30.3 Å². The fourth-order valence-corrected chi connectivity index (χ4v) is 7.22. The number of carbonyl (C=O) groups is 4. The summed E-state index contributed by atoms with van der Waals surface area (Å²) in [6.07, 6.45) is -7.37. The van der Waals surface area contributed by atoms with E-state index in [1.165, 1.54) is 0 Å². The molecule has 2 aliphatic rings. The highest BCUT2D eigenvalue weighted by Crippen LogP contribution is 2.35. The van der Waals surface area contributed by atoms with Crippen molar-refractivity contribution in [2.45, 2.75) is 37.7 Å². The van der Waals surface area contributed by atoms with Crippen molar-refractivity contribution in [1.29, 1.82) is 0 Å². The van der Waals surface area contributed by atoms with E-state index in [0.717, 1.165) is 46.4 Å². The number of hydrogen-bond donors (Lipinski definition) is 4. The number of alkyl halides is 6. The molecule has 320 valence electrons. The van der Waals surface area contributed by atoms with Gasteiger partial charge in [-0.2, -0.15) is 26.3 Å². The van der Waals surface area contributed by atoms with E-state index in [-0.39, 0.29) is 23.8 Å². The Morgan fingerprint density at radius 3 is 2.03 bits per heavy atom. The fraction of sp³-hybridized carbons (Fsp3) is 0.385. The molecule has 0 bridgehead atoms. The lowest BCUT2D eigenvalue weighted by molar-refractivity contribution is -0.193. The number of nitrogens with one attached hydrogen (secondary N) is 2. The molecule has 0 radical (unpaired) electrons. The number of nitrogens with zero attached hydrogens (tertiary/aromatic N) is 4. The van der Waals surface area contributed by atoms with E-state index in [9.17, 15) is 35.9 Å². The molecule has 0 spiro atoms. The van der Waals surface area contributed by atoms with Crippen LogP contribution in [0, 0.1) is 5.92 Å². The van der Waals surface area contributed by atoms with Gasteiger partial charge in [0.15, 0.2) is 0 Å². The summed E-state index contributed by atoms with van der Waals surface area (Å²) in [4.78, 5) is 57.9. The molecule has 1 aromatic heterocycles. The van der Waals surface area contributed by atoms with Gasteiger partial charge in [-0.15, -0.1) is 0 Å². The topological polar surface area (TPSA) is 150 Å². The lowest BCUT2D eigenvalue weighted by atomic mass is 9.88. The van der Waals surface area contributed by atoms with Crippen molar-refractivity contribution in [2.75, 3.05) is 63.2 Å². The molecule has 4 aromatic rings. The van der Waals surface area contributed by atoms with Crippen LogP contribution < -0.4 is 15.1 Å². The van der Waals surface area contributed by atoms with Gasteiger partial charge in [-0.1, -0.05) is 54.4 Å². The minimum absolute atomic E-state index is 0.120. The number of piperazine rings is 1. The fourth-order valence-electron chi connectivity index (χ4n) is 6.84. The summed E-state index contributed by atoms with van der Waals surface area (Å²) in [5.41, 5.74) is 4.95. The molecule has 6 rings (SSSR count). The highest BCUT2D eigenvalue weighted by Gasteiger charge is 2.40. The van der Waals surface area contributed by atoms with Crippen LogP contribution in [0.4, 0.5) is 42.5 Å². The Morgan fingerprint density at radius 1 is 0.864 bits per heavy atom. The minimum atomic E-state index is -5.08. The van der Waals surface area contributed by atoms with Crippen molar-refractivity contribution in [2.24, 2.45) is 5.92 Å². The number of urea groups is 1. The summed E-state index contributed by atoms with van der Waals surface area (Å²) < 4.78 is 63.5. The van der Waals surface area contributed by atoms with Gasteiger partial charge in [0.1, 0.15) is 6.04 Å². The van der Waals surface area contributed by atoms with Gasteiger partial charge in [-0.3, -0.25) is 4.79 Å². The first-order chi connectivity index (χ1) is 27.6. The van der Waals surface area contributed by atoms with Crippen LogP contribution in [0.2, 0.25) is 10.0 Å². The molecule has 12 nitrogen and oxygen atoms in total. The number of para-hydroxylation sites is 1. The third-order valence-electron chi connectivity index (χ3n) is 9.55. The number of carbonyl (C=O) groups excluding carboxylic acids is 2. The highest BCUT2D eigenvalue weighted by atomic mass is 35.5. The molecule has 3 amide bonds. The zero-order chi connectivity index (χ0) is 43.8. The number of aromatic amines is 1. The number of halogens is 8. The van der Waals surface area contributed by atoms with Gasteiger partial charge in [-0.05, 0) is 80.0 Å². The smallest absolute Gasteiger partial charge is 0.475 e. The Kier molecular flexibility index (Phi) is 15.5. The van der Waals surface area contributed by atoms with Crippen molar-refractivity contribution in [3.8, 4) is 0 Å². The number of aromatic nitrogens is 1. The van der Waals surface area contributed by atoms with E-state index in [2.05, 4.69) is 26.2 Å². The van der Waals surface area contributed by atoms with E-state index in [1.807, 2.05) is 97.7 Å². The first-order valence-corrected chi connectivity index (χ1v) is 18.8. The Labute approximate surface area is 345 Å². The molecule has 20 heteroatoms. The van der Waals surface area contributed by atoms with E-state index in [4.69, 9.17) is 43.0 Å². The second-order valence-electron chi connectivity index (χ2n) is 14.1. The number of hydrogen-bond acceptors (Lipinski definition) is 6. The van der Waals surface area contributed by atoms with Crippen LogP contribution in [0.5, 0.6) is 0 Å². The molecule has 0 aliphatic carbocycles. The van der Waals surface area contributed by atoms with Gasteiger partial charge in [0.25, 0.3) is 0 Å². The molecular weight excluding hydrogens is 833 g/mol. The van der Waals surface area contributed by atoms with Gasteiger partial charge in [0, 0.05) is 83.7 Å². The number of benzene rings is 3. The van der Waals surface area contributed by atoms with Crippen molar-refractivity contribution >= 4 is 69.4 Å². The van der Waals surface area contributed by atoms with Gasteiger partial charge < -0.3 is 40.1 Å². The Balaban J connectivity index is 0.000000471. The molecule has 59 heavy (non-hydrogen) atoms. The van der Waals surface area contributed by atoms with Crippen molar-refractivity contribution in [3.63, 3.8) is 0 Å².